The SMILES string of the molecule is CNCCCC(=O)N1CCN(C(=O)c2ccc(Cl)cc2)CC1.Cl. The van der Waals surface area contributed by atoms with E-state index in [1.807, 2.05) is 11.9 Å². The lowest BCUT2D eigenvalue weighted by molar-refractivity contribution is -0.132. The fourth-order valence-corrected chi connectivity index (χ4v) is 2.63. The highest BCUT2D eigenvalue weighted by molar-refractivity contribution is 6.30. The van der Waals surface area contributed by atoms with Crippen LogP contribution in [0.15, 0.2) is 24.3 Å². The molecular weight excluding hydrogens is 337 g/mol. The third-order valence-electron chi connectivity index (χ3n) is 3.83. The number of nitrogens with one attached hydrogen (secondary N) is 1. The number of piperazine rings is 1. The molecule has 1 N–H and O–H groups in total. The van der Waals surface area contributed by atoms with Crippen molar-refractivity contribution >= 4 is 35.8 Å². The maximum absolute atomic E-state index is 12.4. The smallest absolute Gasteiger partial charge is 0.253 e. The molecule has 0 aromatic heterocycles. The van der Waals surface area contributed by atoms with Gasteiger partial charge in [-0.2, -0.15) is 0 Å². The summed E-state index contributed by atoms with van der Waals surface area (Å²) in [7, 11) is 1.88. The van der Waals surface area contributed by atoms with Crippen LogP contribution in [0.1, 0.15) is 23.2 Å². The van der Waals surface area contributed by atoms with Gasteiger partial charge in [-0.1, -0.05) is 11.6 Å². The van der Waals surface area contributed by atoms with E-state index in [1.54, 1.807) is 29.2 Å². The van der Waals surface area contributed by atoms with Gasteiger partial charge in [0.05, 0.1) is 0 Å². The van der Waals surface area contributed by atoms with Crippen molar-refractivity contribution in [3.8, 4) is 0 Å². The average Bonchev–Trinajstić information content (AvgIpc) is 2.55. The van der Waals surface area contributed by atoms with Gasteiger partial charge in [-0.15, -0.1) is 12.4 Å². The Labute approximate surface area is 148 Å². The molecule has 23 heavy (non-hydrogen) atoms. The largest absolute Gasteiger partial charge is 0.339 e. The van der Waals surface area contributed by atoms with E-state index in [0.717, 1.165) is 13.0 Å². The van der Waals surface area contributed by atoms with Crippen molar-refractivity contribution in [2.75, 3.05) is 39.8 Å². The summed E-state index contributed by atoms with van der Waals surface area (Å²) in [6.45, 7) is 3.23. The maximum atomic E-state index is 12.4. The van der Waals surface area contributed by atoms with Crippen LogP contribution in [0.2, 0.25) is 5.02 Å². The first kappa shape index (κ1) is 19.7. The van der Waals surface area contributed by atoms with Gasteiger partial charge in [0.2, 0.25) is 5.91 Å². The lowest BCUT2D eigenvalue weighted by atomic mass is 10.1. The van der Waals surface area contributed by atoms with Crippen LogP contribution in [0.5, 0.6) is 0 Å². The third kappa shape index (κ3) is 5.68. The number of hydrogen-bond donors (Lipinski definition) is 1. The van der Waals surface area contributed by atoms with Crippen LogP contribution in [-0.2, 0) is 4.79 Å². The van der Waals surface area contributed by atoms with Crippen LogP contribution >= 0.6 is 24.0 Å². The zero-order valence-electron chi connectivity index (χ0n) is 13.3. The van der Waals surface area contributed by atoms with Gasteiger partial charge < -0.3 is 15.1 Å². The highest BCUT2D eigenvalue weighted by atomic mass is 35.5. The zero-order chi connectivity index (χ0) is 15.9. The lowest BCUT2D eigenvalue weighted by Crippen LogP contribution is -2.50. The highest BCUT2D eigenvalue weighted by Gasteiger charge is 2.24. The first-order valence-electron chi connectivity index (χ1n) is 7.59. The molecule has 2 rings (SSSR count). The minimum Gasteiger partial charge on any atom is -0.339 e. The molecule has 1 saturated heterocycles. The van der Waals surface area contributed by atoms with Gasteiger partial charge in [-0.05, 0) is 44.3 Å². The molecule has 1 aromatic carbocycles. The van der Waals surface area contributed by atoms with E-state index < -0.39 is 0 Å². The summed E-state index contributed by atoms with van der Waals surface area (Å²) in [5, 5.41) is 3.66. The molecule has 0 bridgehead atoms. The molecular formula is C16H23Cl2N3O2. The first-order chi connectivity index (χ1) is 10.6. The summed E-state index contributed by atoms with van der Waals surface area (Å²) >= 11 is 5.83. The molecule has 0 spiro atoms. The van der Waals surface area contributed by atoms with Crippen LogP contribution in [0.4, 0.5) is 0 Å². The van der Waals surface area contributed by atoms with E-state index in [0.29, 0.717) is 43.2 Å². The van der Waals surface area contributed by atoms with Crippen LogP contribution in [0.3, 0.4) is 0 Å². The molecule has 7 heteroatoms. The quantitative estimate of drug-likeness (QED) is 0.818. The summed E-state index contributed by atoms with van der Waals surface area (Å²) in [6.07, 6.45) is 1.41. The number of halogens is 2. The number of benzene rings is 1. The zero-order valence-corrected chi connectivity index (χ0v) is 14.8. The van der Waals surface area contributed by atoms with Crippen molar-refractivity contribution < 1.29 is 9.59 Å². The standard InChI is InChI=1S/C16H22ClN3O2.ClH/c1-18-8-2-3-15(21)19-9-11-20(12-10-19)16(22)13-4-6-14(17)7-5-13;/h4-7,18H,2-3,8-12H2,1H3;1H. The summed E-state index contributed by atoms with van der Waals surface area (Å²) in [6, 6.07) is 6.91. The van der Waals surface area contributed by atoms with Gasteiger partial charge in [-0.3, -0.25) is 9.59 Å². The van der Waals surface area contributed by atoms with Crippen LogP contribution in [0.25, 0.3) is 0 Å². The van der Waals surface area contributed by atoms with E-state index in [9.17, 15) is 9.59 Å². The van der Waals surface area contributed by atoms with E-state index in [4.69, 9.17) is 11.6 Å². The van der Waals surface area contributed by atoms with Crippen molar-refractivity contribution in [3.63, 3.8) is 0 Å². The molecule has 1 aliphatic heterocycles. The minimum absolute atomic E-state index is 0. The molecule has 1 heterocycles. The summed E-state index contributed by atoms with van der Waals surface area (Å²) in [5.74, 6) is 0.174. The predicted molar refractivity (Wildman–Crippen MR) is 94.3 cm³/mol. The van der Waals surface area contributed by atoms with Crippen LogP contribution in [-0.4, -0.2) is 61.4 Å². The van der Waals surface area contributed by atoms with Gasteiger partial charge in [0, 0.05) is 43.2 Å². The fraction of sp³-hybridized carbons (Fsp3) is 0.500. The number of amides is 2. The summed E-state index contributed by atoms with van der Waals surface area (Å²) in [5.41, 5.74) is 0.637. The van der Waals surface area contributed by atoms with Crippen molar-refractivity contribution in [2.45, 2.75) is 12.8 Å². The van der Waals surface area contributed by atoms with Gasteiger partial charge in [-0.25, -0.2) is 0 Å². The molecule has 0 saturated carbocycles. The van der Waals surface area contributed by atoms with Crippen molar-refractivity contribution in [1.29, 1.82) is 0 Å². The third-order valence-corrected chi connectivity index (χ3v) is 4.08. The van der Waals surface area contributed by atoms with E-state index in [-0.39, 0.29) is 24.2 Å². The van der Waals surface area contributed by atoms with Gasteiger partial charge >= 0.3 is 0 Å². The van der Waals surface area contributed by atoms with Gasteiger partial charge in [0.25, 0.3) is 5.91 Å². The molecule has 128 valence electrons. The second-order valence-corrected chi connectivity index (χ2v) is 5.82. The Kier molecular flexibility index (Phi) is 8.37. The Morgan fingerprint density at radius 1 is 1.09 bits per heavy atom. The number of hydrogen-bond acceptors (Lipinski definition) is 3. The molecule has 5 nitrogen and oxygen atoms in total. The van der Waals surface area contributed by atoms with Crippen LogP contribution in [0, 0.1) is 0 Å². The maximum Gasteiger partial charge on any atom is 0.253 e. The summed E-state index contributed by atoms with van der Waals surface area (Å²) < 4.78 is 0. The molecule has 0 atom stereocenters. The molecule has 1 fully saturated rings. The Bertz CT molecular complexity index is 515. The normalized spacial score (nSPS) is 14.3. The van der Waals surface area contributed by atoms with Crippen molar-refractivity contribution in [3.05, 3.63) is 34.9 Å². The number of rotatable bonds is 5. The predicted octanol–water partition coefficient (Wildman–Crippen LogP) is 2.05. The first-order valence-corrected chi connectivity index (χ1v) is 7.97. The Balaban J connectivity index is 0.00000264. The number of carbonyl (C=O) groups is 2. The Morgan fingerprint density at radius 3 is 2.22 bits per heavy atom. The van der Waals surface area contributed by atoms with E-state index in [2.05, 4.69) is 5.32 Å². The van der Waals surface area contributed by atoms with Crippen LogP contribution < -0.4 is 5.32 Å². The Hall–Kier alpha value is -1.30. The fourth-order valence-electron chi connectivity index (χ4n) is 2.51. The number of nitrogens with zero attached hydrogens (tertiary/aromatic N) is 2. The Morgan fingerprint density at radius 2 is 1.65 bits per heavy atom. The number of carbonyl (C=O) groups excluding carboxylic acids is 2. The topological polar surface area (TPSA) is 52.7 Å². The molecule has 1 aromatic rings. The van der Waals surface area contributed by atoms with E-state index >= 15 is 0 Å². The van der Waals surface area contributed by atoms with Crippen molar-refractivity contribution in [1.82, 2.24) is 15.1 Å². The highest BCUT2D eigenvalue weighted by Crippen LogP contribution is 2.13. The second kappa shape index (κ2) is 9.75. The lowest BCUT2D eigenvalue weighted by Gasteiger charge is -2.35. The van der Waals surface area contributed by atoms with Crippen molar-refractivity contribution in [2.24, 2.45) is 0 Å². The van der Waals surface area contributed by atoms with Gasteiger partial charge in [0.15, 0.2) is 0 Å². The minimum atomic E-state index is -0.000973. The average molecular weight is 360 g/mol. The monoisotopic (exact) mass is 359 g/mol. The molecule has 0 unspecified atom stereocenters. The molecule has 0 radical (unpaired) electrons. The van der Waals surface area contributed by atoms with Gasteiger partial charge in [0.1, 0.15) is 0 Å². The molecule has 1 aliphatic rings. The molecule has 0 aliphatic carbocycles. The molecule has 2 amide bonds. The van der Waals surface area contributed by atoms with E-state index in [1.165, 1.54) is 0 Å². The second-order valence-electron chi connectivity index (χ2n) is 5.39. The summed E-state index contributed by atoms with van der Waals surface area (Å²) in [4.78, 5) is 28.0.